The van der Waals surface area contributed by atoms with Crippen molar-refractivity contribution in [1.82, 2.24) is 10.7 Å². The maximum atomic E-state index is 5.48. The molecule has 0 heterocycles. The molecule has 2 atom stereocenters. The molecule has 0 aromatic carbocycles. The molecular weight excluding hydrogens is 220 g/mol. The lowest BCUT2D eigenvalue weighted by Gasteiger charge is -2.29. The van der Waals surface area contributed by atoms with E-state index < -0.39 is 0 Å². The summed E-state index contributed by atoms with van der Waals surface area (Å²) in [5.74, 6) is 6.27. The molecule has 0 aromatic rings. The minimum Gasteiger partial charge on any atom is -0.353 e. The number of nitrogens with one attached hydrogen (secondary N) is 2. The van der Waals surface area contributed by atoms with Gasteiger partial charge in [-0.1, -0.05) is 6.42 Å². The van der Waals surface area contributed by atoms with Gasteiger partial charge in [-0.25, -0.2) is 10.8 Å². The van der Waals surface area contributed by atoms with Crippen LogP contribution in [0.2, 0.25) is 0 Å². The molecule has 0 saturated heterocycles. The minimum atomic E-state index is 0.512. The van der Waals surface area contributed by atoms with Gasteiger partial charge in [-0.05, 0) is 38.4 Å². The monoisotopic (exact) mass is 242 g/mol. The van der Waals surface area contributed by atoms with Crippen LogP contribution in [0, 0.1) is 0 Å². The van der Waals surface area contributed by atoms with Gasteiger partial charge in [0.2, 0.25) is 5.96 Å². The van der Waals surface area contributed by atoms with Crippen molar-refractivity contribution in [3.05, 3.63) is 0 Å². The van der Waals surface area contributed by atoms with Gasteiger partial charge in [0, 0.05) is 11.3 Å². The largest absolute Gasteiger partial charge is 0.353 e. The summed E-state index contributed by atoms with van der Waals surface area (Å²) in [6.07, 6.45) is 9.76. The van der Waals surface area contributed by atoms with E-state index >= 15 is 0 Å². The topological polar surface area (TPSA) is 62.4 Å². The molecule has 2 aliphatic rings. The summed E-state index contributed by atoms with van der Waals surface area (Å²) in [4.78, 5) is 4.51. The molecule has 2 unspecified atom stereocenters. The average Bonchev–Trinajstić information content (AvgIpc) is 3.12. The van der Waals surface area contributed by atoms with E-state index in [1.165, 1.54) is 38.5 Å². The molecule has 16 heavy (non-hydrogen) atoms. The van der Waals surface area contributed by atoms with Crippen molar-refractivity contribution < 1.29 is 0 Å². The van der Waals surface area contributed by atoms with E-state index in [2.05, 4.69) is 22.0 Å². The number of nitrogens with two attached hydrogens (primary N) is 1. The van der Waals surface area contributed by atoms with Crippen molar-refractivity contribution in [2.24, 2.45) is 10.8 Å². The lowest BCUT2D eigenvalue weighted by Crippen LogP contribution is -2.48. The first-order chi connectivity index (χ1) is 7.81. The summed E-state index contributed by atoms with van der Waals surface area (Å²) < 4.78 is 0. The third-order valence-electron chi connectivity index (χ3n) is 3.30. The number of hydrogen-bond acceptors (Lipinski definition) is 3. The number of guanidine groups is 1. The predicted octanol–water partition coefficient (Wildman–Crippen LogP) is 1.23. The lowest BCUT2D eigenvalue weighted by molar-refractivity contribution is 0.419. The van der Waals surface area contributed by atoms with Crippen LogP contribution >= 0.6 is 11.8 Å². The first-order valence-electron chi connectivity index (χ1n) is 6.15. The third-order valence-corrected chi connectivity index (χ3v) is 4.39. The summed E-state index contributed by atoms with van der Waals surface area (Å²) in [5.41, 5.74) is 2.69. The van der Waals surface area contributed by atoms with Crippen molar-refractivity contribution in [3.8, 4) is 0 Å². The van der Waals surface area contributed by atoms with Gasteiger partial charge in [-0.2, -0.15) is 11.8 Å². The molecule has 2 saturated carbocycles. The Morgan fingerprint density at radius 3 is 2.75 bits per heavy atom. The van der Waals surface area contributed by atoms with Crippen LogP contribution in [-0.2, 0) is 0 Å². The van der Waals surface area contributed by atoms with Gasteiger partial charge in [0.25, 0.3) is 0 Å². The minimum absolute atomic E-state index is 0.512. The molecule has 0 radical (unpaired) electrons. The zero-order valence-corrected chi connectivity index (χ0v) is 10.7. The standard InChI is InChI=1S/C11H22N4S/c1-16-10-4-2-3-9(7-10)14-11(15-12)13-8-5-6-8/h8-10H,2-7,12H2,1H3,(H2,13,14,15). The molecule has 2 fully saturated rings. The zero-order chi connectivity index (χ0) is 11.4. The highest BCUT2D eigenvalue weighted by molar-refractivity contribution is 7.99. The highest BCUT2D eigenvalue weighted by atomic mass is 32.2. The molecule has 0 amide bonds. The van der Waals surface area contributed by atoms with Gasteiger partial charge in [-0.3, -0.25) is 5.43 Å². The van der Waals surface area contributed by atoms with E-state index in [-0.39, 0.29) is 0 Å². The van der Waals surface area contributed by atoms with Crippen LogP contribution in [0.15, 0.2) is 4.99 Å². The molecule has 5 heteroatoms. The van der Waals surface area contributed by atoms with Crippen LogP contribution < -0.4 is 16.6 Å². The highest BCUT2D eigenvalue weighted by Crippen LogP contribution is 2.27. The van der Waals surface area contributed by atoms with E-state index in [1.54, 1.807) is 0 Å². The number of nitrogens with zero attached hydrogens (tertiary/aromatic N) is 1. The van der Waals surface area contributed by atoms with Crippen molar-refractivity contribution in [3.63, 3.8) is 0 Å². The smallest absolute Gasteiger partial charge is 0.206 e. The van der Waals surface area contributed by atoms with E-state index in [0.29, 0.717) is 12.1 Å². The second kappa shape index (κ2) is 5.77. The first kappa shape index (κ1) is 12.0. The summed E-state index contributed by atoms with van der Waals surface area (Å²) in [6.45, 7) is 0. The molecule has 0 aliphatic heterocycles. The lowest BCUT2D eigenvalue weighted by atomic mass is 9.95. The molecule has 0 aromatic heterocycles. The Labute approximate surface area is 102 Å². The quantitative estimate of drug-likeness (QED) is 0.301. The van der Waals surface area contributed by atoms with E-state index in [9.17, 15) is 0 Å². The molecule has 92 valence electrons. The van der Waals surface area contributed by atoms with Crippen LogP contribution in [0.4, 0.5) is 0 Å². The Kier molecular flexibility index (Phi) is 4.35. The second-order valence-electron chi connectivity index (χ2n) is 4.72. The fourth-order valence-electron chi connectivity index (χ4n) is 2.19. The Bertz CT molecular complexity index is 252. The summed E-state index contributed by atoms with van der Waals surface area (Å²) in [7, 11) is 0. The normalized spacial score (nSPS) is 31.2. The van der Waals surface area contributed by atoms with Crippen LogP contribution in [0.3, 0.4) is 0 Å². The van der Waals surface area contributed by atoms with Gasteiger partial charge >= 0.3 is 0 Å². The Morgan fingerprint density at radius 1 is 1.31 bits per heavy atom. The average molecular weight is 242 g/mol. The van der Waals surface area contributed by atoms with E-state index in [4.69, 9.17) is 5.84 Å². The molecule has 2 rings (SSSR count). The van der Waals surface area contributed by atoms with Crippen LogP contribution in [0.1, 0.15) is 38.5 Å². The van der Waals surface area contributed by atoms with Crippen molar-refractivity contribution in [1.29, 1.82) is 0 Å². The van der Waals surface area contributed by atoms with Crippen LogP contribution in [-0.4, -0.2) is 29.5 Å². The summed E-state index contributed by atoms with van der Waals surface area (Å²) in [5, 5.41) is 4.24. The molecule has 2 aliphatic carbocycles. The molecule has 0 bridgehead atoms. The number of hydrogen-bond donors (Lipinski definition) is 3. The van der Waals surface area contributed by atoms with Gasteiger partial charge in [-0.15, -0.1) is 0 Å². The van der Waals surface area contributed by atoms with Crippen molar-refractivity contribution in [2.75, 3.05) is 6.26 Å². The van der Waals surface area contributed by atoms with Gasteiger partial charge in [0.1, 0.15) is 0 Å². The fraction of sp³-hybridized carbons (Fsp3) is 0.909. The van der Waals surface area contributed by atoms with Gasteiger partial charge < -0.3 is 5.32 Å². The number of thioether (sulfide) groups is 1. The number of hydrazine groups is 1. The Balaban J connectivity index is 1.82. The van der Waals surface area contributed by atoms with Gasteiger partial charge in [0.05, 0.1) is 6.04 Å². The van der Waals surface area contributed by atoms with E-state index in [0.717, 1.165) is 11.2 Å². The molecule has 4 nitrogen and oxygen atoms in total. The fourth-order valence-corrected chi connectivity index (χ4v) is 3.01. The number of rotatable bonds is 3. The number of aliphatic imine (C=N–C) groups is 1. The van der Waals surface area contributed by atoms with E-state index in [1.807, 2.05) is 11.8 Å². The molecule has 4 N–H and O–H groups in total. The van der Waals surface area contributed by atoms with Crippen molar-refractivity contribution in [2.45, 2.75) is 55.9 Å². The Hall–Kier alpha value is -0.420. The SMILES string of the molecule is CSC1CCCC(NC(=NC2CC2)NN)C1. The molecule has 0 spiro atoms. The maximum absolute atomic E-state index is 5.48. The molecular formula is C11H22N4S. The van der Waals surface area contributed by atoms with Gasteiger partial charge in [0.15, 0.2) is 0 Å². The third kappa shape index (κ3) is 3.56. The second-order valence-corrected chi connectivity index (χ2v) is 5.86. The van der Waals surface area contributed by atoms with Crippen LogP contribution in [0.5, 0.6) is 0 Å². The predicted molar refractivity (Wildman–Crippen MR) is 70.5 cm³/mol. The van der Waals surface area contributed by atoms with Crippen LogP contribution in [0.25, 0.3) is 0 Å². The summed E-state index contributed by atoms with van der Waals surface area (Å²) in [6, 6.07) is 1.05. The maximum Gasteiger partial charge on any atom is 0.206 e. The van der Waals surface area contributed by atoms with Crippen molar-refractivity contribution >= 4 is 17.7 Å². The Morgan fingerprint density at radius 2 is 2.12 bits per heavy atom. The summed E-state index contributed by atoms with van der Waals surface area (Å²) >= 11 is 1.98. The zero-order valence-electron chi connectivity index (χ0n) is 9.91. The highest BCUT2D eigenvalue weighted by Gasteiger charge is 2.24. The first-order valence-corrected chi connectivity index (χ1v) is 7.44.